The van der Waals surface area contributed by atoms with Gasteiger partial charge in [0.2, 0.25) is 5.91 Å². The van der Waals surface area contributed by atoms with Gasteiger partial charge in [-0.2, -0.15) is 0 Å². The minimum Gasteiger partial charge on any atom is -0.379 e. The Labute approximate surface area is 129 Å². The fourth-order valence-corrected chi connectivity index (χ4v) is 3.71. The van der Waals surface area contributed by atoms with Crippen molar-refractivity contribution in [1.29, 1.82) is 0 Å². The lowest BCUT2D eigenvalue weighted by Crippen LogP contribution is -2.35. The predicted octanol–water partition coefficient (Wildman–Crippen LogP) is 1.78. The minimum atomic E-state index is 0.206. The molecule has 0 aromatic carbocycles. The van der Waals surface area contributed by atoms with Crippen molar-refractivity contribution in [3.8, 4) is 0 Å². The third-order valence-electron chi connectivity index (χ3n) is 4.23. The third-order valence-corrected chi connectivity index (χ3v) is 5.13. The van der Waals surface area contributed by atoms with Gasteiger partial charge in [-0.25, -0.2) is 4.98 Å². The zero-order valence-electron chi connectivity index (χ0n) is 12.3. The van der Waals surface area contributed by atoms with Gasteiger partial charge < -0.3 is 10.1 Å². The van der Waals surface area contributed by atoms with Gasteiger partial charge in [0, 0.05) is 30.9 Å². The van der Waals surface area contributed by atoms with Crippen molar-refractivity contribution in [3.05, 3.63) is 16.1 Å². The van der Waals surface area contributed by atoms with Crippen LogP contribution in [0.1, 0.15) is 36.4 Å². The monoisotopic (exact) mass is 309 g/mol. The summed E-state index contributed by atoms with van der Waals surface area (Å²) in [7, 11) is 0. The highest BCUT2D eigenvalue weighted by atomic mass is 32.1. The molecule has 0 bridgehead atoms. The number of aromatic nitrogens is 1. The second-order valence-electron chi connectivity index (χ2n) is 5.82. The molecule has 3 rings (SSSR count). The number of thiazole rings is 1. The van der Waals surface area contributed by atoms with Crippen LogP contribution in [0.5, 0.6) is 0 Å². The lowest BCUT2D eigenvalue weighted by Gasteiger charge is -2.25. The maximum atomic E-state index is 12.0. The summed E-state index contributed by atoms with van der Waals surface area (Å²) in [6, 6.07) is 0. The second-order valence-corrected chi connectivity index (χ2v) is 6.76. The summed E-state index contributed by atoms with van der Waals surface area (Å²) in [5.41, 5.74) is 1.10. The van der Waals surface area contributed by atoms with Crippen LogP contribution in [0.3, 0.4) is 0 Å². The van der Waals surface area contributed by atoms with E-state index in [4.69, 9.17) is 4.74 Å². The van der Waals surface area contributed by atoms with Gasteiger partial charge in [0.1, 0.15) is 5.01 Å². The molecule has 6 heteroatoms. The Hall–Kier alpha value is -0.980. The number of rotatable bonds is 5. The Morgan fingerprint density at radius 3 is 2.90 bits per heavy atom. The molecule has 0 radical (unpaired) electrons. The highest BCUT2D eigenvalue weighted by Crippen LogP contribution is 2.24. The lowest BCUT2D eigenvalue weighted by atomic mass is 10.1. The van der Waals surface area contributed by atoms with Gasteiger partial charge in [0.05, 0.1) is 25.5 Å². The molecule has 2 aliphatic rings. The van der Waals surface area contributed by atoms with Crippen LogP contribution >= 0.6 is 11.3 Å². The smallest absolute Gasteiger partial charge is 0.223 e. The van der Waals surface area contributed by atoms with Crippen molar-refractivity contribution in [2.45, 2.75) is 38.8 Å². The number of carbonyl (C=O) groups is 1. The van der Waals surface area contributed by atoms with Crippen LogP contribution in [0.4, 0.5) is 0 Å². The van der Waals surface area contributed by atoms with Gasteiger partial charge in [-0.3, -0.25) is 9.69 Å². The quantitative estimate of drug-likeness (QED) is 0.901. The number of nitrogens with zero attached hydrogens (tertiary/aromatic N) is 2. The van der Waals surface area contributed by atoms with Gasteiger partial charge in [-0.05, 0) is 12.8 Å². The molecule has 1 N–H and O–H groups in total. The number of amides is 1. The van der Waals surface area contributed by atoms with E-state index in [1.807, 2.05) is 0 Å². The van der Waals surface area contributed by atoms with E-state index in [9.17, 15) is 4.79 Å². The molecule has 21 heavy (non-hydrogen) atoms. The van der Waals surface area contributed by atoms with Crippen molar-refractivity contribution in [3.63, 3.8) is 0 Å². The van der Waals surface area contributed by atoms with Gasteiger partial charge in [0.25, 0.3) is 0 Å². The van der Waals surface area contributed by atoms with Crippen molar-refractivity contribution in [2.24, 2.45) is 5.92 Å². The standard InChI is InChI=1S/C15H23N3O2S/c19-15(12-3-1-2-4-12)16-9-14-17-13(11-21-14)10-18-5-7-20-8-6-18/h11-12H,1-10H2,(H,16,19). The van der Waals surface area contributed by atoms with Crippen molar-refractivity contribution in [1.82, 2.24) is 15.2 Å². The van der Waals surface area contributed by atoms with E-state index in [1.54, 1.807) is 11.3 Å². The summed E-state index contributed by atoms with van der Waals surface area (Å²) < 4.78 is 5.35. The normalized spacial score (nSPS) is 20.8. The van der Waals surface area contributed by atoms with Gasteiger partial charge in [-0.1, -0.05) is 12.8 Å². The highest BCUT2D eigenvalue weighted by Gasteiger charge is 2.22. The molecule has 1 aromatic rings. The SMILES string of the molecule is O=C(NCc1nc(CN2CCOCC2)cs1)C1CCCC1. The van der Waals surface area contributed by atoms with E-state index >= 15 is 0 Å². The third kappa shape index (κ3) is 4.25. The molecular weight excluding hydrogens is 286 g/mol. The van der Waals surface area contributed by atoms with Crippen LogP contribution < -0.4 is 5.32 Å². The van der Waals surface area contributed by atoms with E-state index < -0.39 is 0 Å². The molecule has 0 unspecified atom stereocenters. The molecule has 116 valence electrons. The Balaban J connectivity index is 1.44. The van der Waals surface area contributed by atoms with Gasteiger partial charge in [-0.15, -0.1) is 11.3 Å². The number of hydrogen-bond acceptors (Lipinski definition) is 5. The molecule has 2 heterocycles. The van der Waals surface area contributed by atoms with E-state index in [1.165, 1.54) is 12.8 Å². The highest BCUT2D eigenvalue weighted by molar-refractivity contribution is 7.09. The minimum absolute atomic E-state index is 0.206. The van der Waals surface area contributed by atoms with Crippen LogP contribution in [0.15, 0.2) is 5.38 Å². The Kier molecular flexibility index (Phi) is 5.22. The van der Waals surface area contributed by atoms with Gasteiger partial charge in [0.15, 0.2) is 0 Å². The van der Waals surface area contributed by atoms with E-state index in [0.29, 0.717) is 6.54 Å². The zero-order chi connectivity index (χ0) is 14.5. The maximum Gasteiger partial charge on any atom is 0.223 e. The number of morpholine rings is 1. The number of carbonyl (C=O) groups excluding carboxylic acids is 1. The molecule has 1 saturated heterocycles. The number of nitrogens with one attached hydrogen (secondary N) is 1. The fraction of sp³-hybridized carbons (Fsp3) is 0.733. The van der Waals surface area contributed by atoms with E-state index in [2.05, 4.69) is 20.6 Å². The van der Waals surface area contributed by atoms with E-state index in [-0.39, 0.29) is 11.8 Å². The van der Waals surface area contributed by atoms with Crippen LogP contribution in [-0.2, 0) is 22.6 Å². The Morgan fingerprint density at radius 1 is 1.38 bits per heavy atom. The first-order valence-electron chi connectivity index (χ1n) is 7.82. The van der Waals surface area contributed by atoms with Gasteiger partial charge >= 0.3 is 0 Å². The van der Waals surface area contributed by atoms with Crippen molar-refractivity contribution < 1.29 is 9.53 Å². The lowest BCUT2D eigenvalue weighted by molar-refractivity contribution is -0.124. The molecule has 1 aliphatic heterocycles. The largest absolute Gasteiger partial charge is 0.379 e. The summed E-state index contributed by atoms with van der Waals surface area (Å²) >= 11 is 1.64. The molecule has 1 saturated carbocycles. The first kappa shape index (κ1) is 14.9. The average molecular weight is 309 g/mol. The molecular formula is C15H23N3O2S. The summed E-state index contributed by atoms with van der Waals surface area (Å²) in [5, 5.41) is 6.14. The van der Waals surface area contributed by atoms with Crippen LogP contribution in [0.2, 0.25) is 0 Å². The molecule has 1 amide bonds. The maximum absolute atomic E-state index is 12.0. The summed E-state index contributed by atoms with van der Waals surface area (Å²) in [6.45, 7) is 5.04. The summed E-state index contributed by atoms with van der Waals surface area (Å²) in [5.74, 6) is 0.440. The van der Waals surface area contributed by atoms with Crippen molar-refractivity contribution >= 4 is 17.2 Å². The molecule has 5 nitrogen and oxygen atoms in total. The first-order chi connectivity index (χ1) is 10.3. The molecule has 2 fully saturated rings. The number of ether oxygens (including phenoxy) is 1. The molecule has 1 aliphatic carbocycles. The first-order valence-corrected chi connectivity index (χ1v) is 8.70. The van der Waals surface area contributed by atoms with E-state index in [0.717, 1.165) is 56.4 Å². The van der Waals surface area contributed by atoms with Crippen LogP contribution in [0.25, 0.3) is 0 Å². The topological polar surface area (TPSA) is 54.5 Å². The van der Waals surface area contributed by atoms with Crippen LogP contribution in [-0.4, -0.2) is 42.1 Å². The number of hydrogen-bond donors (Lipinski definition) is 1. The molecule has 0 atom stereocenters. The molecule has 0 spiro atoms. The zero-order valence-corrected chi connectivity index (χ0v) is 13.2. The summed E-state index contributed by atoms with van der Waals surface area (Å²) in [6.07, 6.45) is 4.48. The second kappa shape index (κ2) is 7.33. The van der Waals surface area contributed by atoms with Crippen molar-refractivity contribution in [2.75, 3.05) is 26.3 Å². The Bertz CT molecular complexity index is 465. The average Bonchev–Trinajstić information content (AvgIpc) is 3.17. The Morgan fingerprint density at radius 2 is 2.14 bits per heavy atom. The van der Waals surface area contributed by atoms with Crippen LogP contribution in [0, 0.1) is 5.92 Å². The molecule has 1 aromatic heterocycles. The summed E-state index contributed by atoms with van der Waals surface area (Å²) in [4.78, 5) is 19.0. The predicted molar refractivity (Wildman–Crippen MR) is 82.0 cm³/mol. The fourth-order valence-electron chi connectivity index (χ4n) is 2.99.